The van der Waals surface area contributed by atoms with Crippen molar-refractivity contribution in [2.24, 2.45) is 0 Å². The first kappa shape index (κ1) is 21.6. The third kappa shape index (κ3) is 4.38. The largest absolute Gasteiger partial charge is 0.497 e. The molecule has 166 valence electrons. The first-order valence-electron chi connectivity index (χ1n) is 10.9. The maximum atomic E-state index is 13.2. The number of imidazole rings is 1. The third-order valence-corrected chi connectivity index (χ3v) is 6.35. The fourth-order valence-electron chi connectivity index (χ4n) is 4.63. The maximum absolute atomic E-state index is 13.2. The molecule has 7 nitrogen and oxygen atoms in total. The molecule has 7 heteroatoms. The van der Waals surface area contributed by atoms with Crippen LogP contribution in [0.2, 0.25) is 0 Å². The Morgan fingerprint density at radius 1 is 1.32 bits per heavy atom. The number of carbonyl (C=O) groups excluding carboxylic acids is 1. The molecule has 0 saturated carbocycles. The minimum absolute atomic E-state index is 0.0964. The summed E-state index contributed by atoms with van der Waals surface area (Å²) in [6.07, 6.45) is 5.01. The summed E-state index contributed by atoms with van der Waals surface area (Å²) in [5.74, 6) is 2.15. The molecule has 0 spiro atoms. The molecule has 1 fully saturated rings. The number of nitrogens with zero attached hydrogens (tertiary/aromatic N) is 3. The van der Waals surface area contributed by atoms with E-state index in [0.29, 0.717) is 44.9 Å². The van der Waals surface area contributed by atoms with Gasteiger partial charge in [0.1, 0.15) is 11.6 Å². The van der Waals surface area contributed by atoms with Gasteiger partial charge in [-0.15, -0.1) is 0 Å². The van der Waals surface area contributed by atoms with Crippen molar-refractivity contribution in [1.82, 2.24) is 19.4 Å². The fourth-order valence-corrected chi connectivity index (χ4v) is 4.63. The number of aryl methyl sites for hydroxylation is 1. The molecule has 0 amide bonds. The fraction of sp³-hybridized carbons (Fsp3) is 0.500. The molecule has 1 saturated heterocycles. The number of rotatable bonds is 7. The van der Waals surface area contributed by atoms with Gasteiger partial charge in [0, 0.05) is 53.6 Å². The number of hydrogen-bond donors (Lipinski definition) is 2. The van der Waals surface area contributed by atoms with Crippen molar-refractivity contribution in [3.05, 3.63) is 47.7 Å². The second kappa shape index (κ2) is 8.48. The summed E-state index contributed by atoms with van der Waals surface area (Å²) >= 11 is 0. The number of H-pyrrole nitrogens is 1. The molecule has 0 radical (unpaired) electrons. The number of likely N-dealkylation sites (tertiary alicyclic amines) is 1. The molecule has 3 aromatic rings. The van der Waals surface area contributed by atoms with Crippen molar-refractivity contribution < 1.29 is 14.6 Å². The zero-order valence-corrected chi connectivity index (χ0v) is 18.8. The summed E-state index contributed by atoms with van der Waals surface area (Å²) < 4.78 is 7.40. The SMILES string of the molecule is COc1ccc2[nH]c(C)c(C(=O)CN3CCC(O)(Cn4ccnc4C(C)C)CC3)c2c1. The van der Waals surface area contributed by atoms with Crippen molar-refractivity contribution in [3.63, 3.8) is 0 Å². The molecule has 31 heavy (non-hydrogen) atoms. The molecule has 0 unspecified atom stereocenters. The Bertz CT molecular complexity index is 1070. The normalized spacial score (nSPS) is 16.8. The zero-order chi connectivity index (χ0) is 22.2. The molecule has 1 aliphatic heterocycles. The van der Waals surface area contributed by atoms with E-state index in [2.05, 4.69) is 33.3 Å². The minimum atomic E-state index is -0.770. The number of benzene rings is 1. The molecular formula is C24H32N4O3. The van der Waals surface area contributed by atoms with E-state index >= 15 is 0 Å². The number of fused-ring (bicyclic) bond motifs is 1. The molecule has 4 rings (SSSR count). The summed E-state index contributed by atoms with van der Waals surface area (Å²) in [7, 11) is 1.63. The van der Waals surface area contributed by atoms with Crippen LogP contribution in [0.4, 0.5) is 0 Å². The second-order valence-electron chi connectivity index (χ2n) is 9.03. The van der Waals surface area contributed by atoms with E-state index in [9.17, 15) is 9.90 Å². The lowest BCUT2D eigenvalue weighted by Gasteiger charge is -2.38. The van der Waals surface area contributed by atoms with Gasteiger partial charge in [0.2, 0.25) is 0 Å². The van der Waals surface area contributed by atoms with Gasteiger partial charge in [0.25, 0.3) is 0 Å². The van der Waals surface area contributed by atoms with E-state index in [1.54, 1.807) is 13.3 Å². The quantitative estimate of drug-likeness (QED) is 0.567. The van der Waals surface area contributed by atoms with Crippen LogP contribution in [-0.4, -0.2) is 62.7 Å². The van der Waals surface area contributed by atoms with E-state index < -0.39 is 5.60 Å². The van der Waals surface area contributed by atoms with Crippen LogP contribution < -0.4 is 4.74 Å². The van der Waals surface area contributed by atoms with Crippen LogP contribution in [0.25, 0.3) is 10.9 Å². The van der Waals surface area contributed by atoms with Gasteiger partial charge >= 0.3 is 0 Å². The Morgan fingerprint density at radius 3 is 2.74 bits per heavy atom. The number of ketones is 1. The lowest BCUT2D eigenvalue weighted by atomic mass is 9.90. The number of Topliss-reactive ketones (excluding diaryl/α,β-unsaturated/α-hetero) is 1. The van der Waals surface area contributed by atoms with Crippen LogP contribution in [-0.2, 0) is 6.54 Å². The van der Waals surface area contributed by atoms with Crippen LogP contribution in [0.3, 0.4) is 0 Å². The van der Waals surface area contributed by atoms with Crippen LogP contribution in [0.15, 0.2) is 30.6 Å². The Balaban J connectivity index is 1.42. The highest BCUT2D eigenvalue weighted by Crippen LogP contribution is 2.29. The molecular weight excluding hydrogens is 392 g/mol. The Hall–Kier alpha value is -2.64. The predicted molar refractivity (Wildman–Crippen MR) is 121 cm³/mol. The average molecular weight is 425 g/mol. The van der Waals surface area contributed by atoms with Crippen LogP contribution >= 0.6 is 0 Å². The number of hydrogen-bond acceptors (Lipinski definition) is 5. The van der Waals surface area contributed by atoms with Crippen molar-refractivity contribution in [2.45, 2.75) is 51.7 Å². The third-order valence-electron chi connectivity index (χ3n) is 6.35. The summed E-state index contributed by atoms with van der Waals surface area (Å²) in [5.41, 5.74) is 1.78. The van der Waals surface area contributed by atoms with Gasteiger partial charge in [-0.2, -0.15) is 0 Å². The van der Waals surface area contributed by atoms with Gasteiger partial charge in [-0.05, 0) is 38.0 Å². The zero-order valence-electron chi connectivity index (χ0n) is 18.8. The molecule has 2 aromatic heterocycles. The number of nitrogens with one attached hydrogen (secondary N) is 1. The van der Waals surface area contributed by atoms with E-state index in [0.717, 1.165) is 33.7 Å². The van der Waals surface area contributed by atoms with Crippen LogP contribution in [0.1, 0.15) is 54.5 Å². The predicted octanol–water partition coefficient (Wildman–Crippen LogP) is 3.51. The Labute approximate surface area is 183 Å². The topological polar surface area (TPSA) is 83.4 Å². The minimum Gasteiger partial charge on any atom is -0.497 e. The van der Waals surface area contributed by atoms with Crippen LogP contribution in [0, 0.1) is 6.92 Å². The number of ether oxygens (including phenoxy) is 1. The van der Waals surface area contributed by atoms with Crippen LogP contribution in [0.5, 0.6) is 5.75 Å². The van der Waals surface area contributed by atoms with Crippen molar-refractivity contribution in [3.8, 4) is 5.75 Å². The lowest BCUT2D eigenvalue weighted by molar-refractivity contribution is -0.0333. The van der Waals surface area contributed by atoms with Gasteiger partial charge in [-0.3, -0.25) is 9.69 Å². The Kier molecular flexibility index (Phi) is 5.90. The highest BCUT2D eigenvalue weighted by atomic mass is 16.5. The molecule has 1 aromatic carbocycles. The standard InChI is InChI=1S/C24H32N4O3/c1-16(2)23-25-9-12-28(23)15-24(30)7-10-27(11-8-24)14-21(29)22-17(3)26-20-6-5-18(31-4)13-19(20)22/h5-6,9,12-13,16,26,30H,7-8,10-11,14-15H2,1-4H3. The average Bonchev–Trinajstić information content (AvgIpc) is 3.32. The van der Waals surface area contributed by atoms with Crippen molar-refractivity contribution in [1.29, 1.82) is 0 Å². The highest BCUT2D eigenvalue weighted by molar-refractivity contribution is 6.10. The number of aliphatic hydroxyl groups is 1. The van der Waals surface area contributed by atoms with Crippen molar-refractivity contribution in [2.75, 3.05) is 26.7 Å². The van der Waals surface area contributed by atoms with Gasteiger partial charge in [-0.25, -0.2) is 4.98 Å². The highest BCUT2D eigenvalue weighted by Gasteiger charge is 2.34. The second-order valence-corrected chi connectivity index (χ2v) is 9.03. The molecule has 2 N–H and O–H groups in total. The molecule has 0 aliphatic carbocycles. The molecule has 0 atom stereocenters. The first-order chi connectivity index (χ1) is 14.8. The monoisotopic (exact) mass is 424 g/mol. The number of piperidine rings is 1. The summed E-state index contributed by atoms with van der Waals surface area (Å²) in [6.45, 7) is 8.44. The number of carbonyl (C=O) groups is 1. The first-order valence-corrected chi connectivity index (χ1v) is 10.9. The lowest BCUT2D eigenvalue weighted by Crippen LogP contribution is -2.48. The molecule has 3 heterocycles. The van der Waals surface area contributed by atoms with Gasteiger partial charge in [-0.1, -0.05) is 13.8 Å². The number of methoxy groups -OCH3 is 1. The number of aromatic amines is 1. The summed E-state index contributed by atoms with van der Waals surface area (Å²) in [5, 5.41) is 12.0. The molecule has 0 bridgehead atoms. The van der Waals surface area contributed by atoms with E-state index in [-0.39, 0.29) is 5.78 Å². The maximum Gasteiger partial charge on any atom is 0.179 e. The van der Waals surface area contributed by atoms with Gasteiger partial charge in [0.15, 0.2) is 5.78 Å². The van der Waals surface area contributed by atoms with E-state index in [1.807, 2.05) is 31.3 Å². The number of aromatic nitrogens is 3. The van der Waals surface area contributed by atoms with Crippen molar-refractivity contribution >= 4 is 16.7 Å². The summed E-state index contributed by atoms with van der Waals surface area (Å²) in [6, 6.07) is 5.75. The van der Waals surface area contributed by atoms with E-state index in [1.165, 1.54) is 0 Å². The van der Waals surface area contributed by atoms with E-state index in [4.69, 9.17) is 4.74 Å². The van der Waals surface area contributed by atoms with Gasteiger partial charge in [0.05, 0.1) is 25.8 Å². The molecule has 1 aliphatic rings. The Morgan fingerprint density at radius 2 is 2.06 bits per heavy atom. The van der Waals surface area contributed by atoms with Gasteiger partial charge < -0.3 is 19.4 Å². The summed E-state index contributed by atoms with van der Waals surface area (Å²) in [4.78, 5) is 23.0. The smallest absolute Gasteiger partial charge is 0.179 e.